The summed E-state index contributed by atoms with van der Waals surface area (Å²) >= 11 is 1.41. The number of hydrogen-bond donors (Lipinski definition) is 0. The molecule has 0 aliphatic carbocycles. The van der Waals surface area contributed by atoms with Gasteiger partial charge in [0.25, 0.3) is 0 Å². The van der Waals surface area contributed by atoms with E-state index in [1.54, 1.807) is 7.11 Å². The lowest BCUT2D eigenvalue weighted by Crippen LogP contribution is -2.10. The van der Waals surface area contributed by atoms with Crippen molar-refractivity contribution in [3.05, 3.63) is 59.2 Å². The summed E-state index contributed by atoms with van der Waals surface area (Å²) in [7, 11) is 1.68. The second kappa shape index (κ2) is 8.54. The summed E-state index contributed by atoms with van der Waals surface area (Å²) in [5.41, 5.74) is 3.81. The van der Waals surface area contributed by atoms with Gasteiger partial charge in [0.1, 0.15) is 5.82 Å². The van der Waals surface area contributed by atoms with E-state index in [0.717, 1.165) is 40.2 Å². The molecule has 0 radical (unpaired) electrons. The van der Waals surface area contributed by atoms with E-state index < -0.39 is 0 Å². The van der Waals surface area contributed by atoms with Gasteiger partial charge >= 0.3 is 0 Å². The molecule has 0 amide bonds. The van der Waals surface area contributed by atoms with E-state index in [1.165, 1.54) is 11.8 Å². The Balaban J connectivity index is 1.76. The molecule has 0 bridgehead atoms. The molecule has 6 nitrogen and oxygen atoms in total. The number of para-hydroxylation sites is 1. The molecule has 0 aliphatic rings. The third-order valence-corrected chi connectivity index (χ3v) is 5.46. The molecular formula is C20H24N4O2S. The number of thioether (sulfide) groups is 1. The lowest BCUT2D eigenvalue weighted by molar-refractivity contribution is 0.102. The summed E-state index contributed by atoms with van der Waals surface area (Å²) in [6.07, 6.45) is 0. The van der Waals surface area contributed by atoms with E-state index >= 15 is 0 Å². The van der Waals surface area contributed by atoms with Gasteiger partial charge in [0, 0.05) is 36.3 Å². The van der Waals surface area contributed by atoms with E-state index in [2.05, 4.69) is 14.8 Å². The fourth-order valence-electron chi connectivity index (χ4n) is 3.13. The van der Waals surface area contributed by atoms with Gasteiger partial charge in [-0.25, -0.2) is 0 Å². The summed E-state index contributed by atoms with van der Waals surface area (Å²) in [4.78, 5) is 12.8. The minimum Gasteiger partial charge on any atom is -0.383 e. The number of ketones is 1. The number of hydrogen-bond acceptors (Lipinski definition) is 5. The van der Waals surface area contributed by atoms with Crippen LogP contribution in [0.2, 0.25) is 0 Å². The van der Waals surface area contributed by atoms with Crippen LogP contribution < -0.4 is 0 Å². The predicted octanol–water partition coefficient (Wildman–Crippen LogP) is 3.62. The molecular weight excluding hydrogens is 360 g/mol. The molecule has 0 saturated carbocycles. The molecule has 0 unspecified atom stereocenters. The SMILES string of the molecule is COCCn1c(C)cc(C(=O)CSc2nnc(C)n2-c2ccccc2)c1C. The average molecular weight is 385 g/mol. The number of Topliss-reactive ketones (excluding diaryl/α,β-unsaturated/α-hetero) is 1. The van der Waals surface area contributed by atoms with Gasteiger partial charge in [-0.3, -0.25) is 9.36 Å². The first-order valence-electron chi connectivity index (χ1n) is 8.82. The van der Waals surface area contributed by atoms with Crippen molar-refractivity contribution in [2.24, 2.45) is 0 Å². The number of aromatic nitrogens is 4. The number of carbonyl (C=O) groups excluding carboxylic acids is 1. The molecule has 27 heavy (non-hydrogen) atoms. The van der Waals surface area contributed by atoms with E-state index in [0.29, 0.717) is 12.4 Å². The van der Waals surface area contributed by atoms with Gasteiger partial charge in [-0.1, -0.05) is 30.0 Å². The van der Waals surface area contributed by atoms with E-state index in [4.69, 9.17) is 4.74 Å². The summed E-state index contributed by atoms with van der Waals surface area (Å²) in [6.45, 7) is 7.28. The Morgan fingerprint density at radius 3 is 2.59 bits per heavy atom. The average Bonchev–Trinajstić information content (AvgIpc) is 3.18. The normalized spacial score (nSPS) is 11.1. The van der Waals surface area contributed by atoms with Gasteiger partial charge in [0.2, 0.25) is 0 Å². The van der Waals surface area contributed by atoms with E-state index in [9.17, 15) is 4.79 Å². The van der Waals surface area contributed by atoms with Gasteiger partial charge < -0.3 is 9.30 Å². The maximum atomic E-state index is 12.8. The molecule has 2 aromatic heterocycles. The zero-order valence-corrected chi connectivity index (χ0v) is 16.9. The van der Waals surface area contributed by atoms with Crippen molar-refractivity contribution in [2.45, 2.75) is 32.5 Å². The molecule has 0 N–H and O–H groups in total. The van der Waals surface area contributed by atoms with E-state index in [-0.39, 0.29) is 5.78 Å². The highest BCUT2D eigenvalue weighted by molar-refractivity contribution is 7.99. The molecule has 3 aromatic rings. The van der Waals surface area contributed by atoms with Crippen LogP contribution in [-0.2, 0) is 11.3 Å². The third-order valence-electron chi connectivity index (χ3n) is 4.53. The van der Waals surface area contributed by atoms with Gasteiger partial charge in [-0.05, 0) is 39.0 Å². The van der Waals surface area contributed by atoms with Gasteiger partial charge in [0.05, 0.1) is 12.4 Å². The van der Waals surface area contributed by atoms with Crippen LogP contribution in [0.3, 0.4) is 0 Å². The van der Waals surface area contributed by atoms with Gasteiger partial charge in [-0.2, -0.15) is 0 Å². The van der Waals surface area contributed by atoms with Crippen LogP contribution in [0.4, 0.5) is 0 Å². The summed E-state index contributed by atoms with van der Waals surface area (Å²) in [6, 6.07) is 11.9. The maximum absolute atomic E-state index is 12.8. The number of rotatable bonds is 8. The molecule has 142 valence electrons. The van der Waals surface area contributed by atoms with Crippen molar-refractivity contribution in [2.75, 3.05) is 19.5 Å². The number of carbonyl (C=O) groups is 1. The van der Waals surface area contributed by atoms with Gasteiger partial charge in [0.15, 0.2) is 10.9 Å². The summed E-state index contributed by atoms with van der Waals surface area (Å²) < 4.78 is 9.26. The topological polar surface area (TPSA) is 61.9 Å². The molecule has 2 heterocycles. The third kappa shape index (κ3) is 4.14. The van der Waals surface area contributed by atoms with Crippen molar-refractivity contribution >= 4 is 17.5 Å². The highest BCUT2D eigenvalue weighted by Crippen LogP contribution is 2.24. The second-order valence-corrected chi connectivity index (χ2v) is 7.28. The molecule has 7 heteroatoms. The smallest absolute Gasteiger partial charge is 0.196 e. The lowest BCUT2D eigenvalue weighted by Gasteiger charge is -2.09. The Morgan fingerprint density at radius 2 is 1.89 bits per heavy atom. The molecule has 0 saturated heterocycles. The Bertz CT molecular complexity index is 931. The number of nitrogens with zero attached hydrogens (tertiary/aromatic N) is 4. The minimum absolute atomic E-state index is 0.0945. The Kier molecular flexibility index (Phi) is 6.13. The highest BCUT2D eigenvalue weighted by atomic mass is 32.2. The van der Waals surface area contributed by atoms with Crippen LogP contribution in [0, 0.1) is 20.8 Å². The number of methoxy groups -OCH3 is 1. The lowest BCUT2D eigenvalue weighted by atomic mass is 10.2. The number of benzene rings is 1. The molecule has 0 atom stereocenters. The fourth-order valence-corrected chi connectivity index (χ4v) is 4.01. The van der Waals surface area contributed by atoms with Crippen LogP contribution in [-0.4, -0.2) is 44.6 Å². The Morgan fingerprint density at radius 1 is 1.15 bits per heavy atom. The molecule has 0 fully saturated rings. The van der Waals surface area contributed by atoms with Crippen LogP contribution in [0.1, 0.15) is 27.6 Å². The van der Waals surface area contributed by atoms with Crippen molar-refractivity contribution < 1.29 is 9.53 Å². The van der Waals surface area contributed by atoms with Crippen molar-refractivity contribution in [3.63, 3.8) is 0 Å². The fraction of sp³-hybridized carbons (Fsp3) is 0.350. The van der Waals surface area contributed by atoms with Gasteiger partial charge in [-0.15, -0.1) is 10.2 Å². The largest absolute Gasteiger partial charge is 0.383 e. The number of aryl methyl sites for hydroxylation is 2. The first kappa shape index (κ1) is 19.4. The summed E-state index contributed by atoms with van der Waals surface area (Å²) in [5.74, 6) is 1.21. The Labute approximate surface area is 163 Å². The molecule has 1 aromatic carbocycles. The van der Waals surface area contributed by atoms with Crippen LogP contribution in [0.5, 0.6) is 0 Å². The number of ether oxygens (including phenoxy) is 1. The first-order valence-corrected chi connectivity index (χ1v) is 9.80. The highest BCUT2D eigenvalue weighted by Gasteiger charge is 2.18. The second-order valence-electron chi connectivity index (χ2n) is 6.34. The zero-order valence-electron chi connectivity index (χ0n) is 16.1. The molecule has 0 aliphatic heterocycles. The maximum Gasteiger partial charge on any atom is 0.196 e. The van der Waals surface area contributed by atoms with Crippen LogP contribution in [0.15, 0.2) is 41.6 Å². The van der Waals surface area contributed by atoms with Crippen molar-refractivity contribution in [3.8, 4) is 5.69 Å². The molecule has 3 rings (SSSR count). The van der Waals surface area contributed by atoms with E-state index in [1.807, 2.05) is 61.7 Å². The van der Waals surface area contributed by atoms with Crippen LogP contribution >= 0.6 is 11.8 Å². The predicted molar refractivity (Wildman–Crippen MR) is 107 cm³/mol. The standard InChI is InChI=1S/C20H24N4O2S/c1-14-12-18(15(2)23(14)10-11-26-4)19(25)13-27-20-22-21-16(3)24(20)17-8-6-5-7-9-17/h5-9,12H,10-11,13H2,1-4H3. The van der Waals surface area contributed by atoms with Crippen LogP contribution in [0.25, 0.3) is 5.69 Å². The minimum atomic E-state index is 0.0945. The Hall–Kier alpha value is -2.38. The quantitative estimate of drug-likeness (QED) is 0.438. The monoisotopic (exact) mass is 384 g/mol. The summed E-state index contributed by atoms with van der Waals surface area (Å²) in [5, 5.41) is 9.14. The first-order chi connectivity index (χ1) is 13.0. The zero-order chi connectivity index (χ0) is 19.4. The van der Waals surface area contributed by atoms with Crippen molar-refractivity contribution in [1.82, 2.24) is 19.3 Å². The van der Waals surface area contributed by atoms with Crippen molar-refractivity contribution in [1.29, 1.82) is 0 Å². The molecule has 0 spiro atoms.